The van der Waals surface area contributed by atoms with E-state index < -0.39 is 56.9 Å². The van der Waals surface area contributed by atoms with E-state index in [9.17, 15) is 39.6 Å². The molecule has 0 unspecified atom stereocenters. The highest BCUT2D eigenvalue weighted by molar-refractivity contribution is 7.85. The number of nitrogens with one attached hydrogen (secondary N) is 1. The number of halogens is 6. The van der Waals surface area contributed by atoms with Gasteiger partial charge in [0.25, 0.3) is 10.1 Å². The van der Waals surface area contributed by atoms with Gasteiger partial charge < -0.3 is 5.32 Å². The van der Waals surface area contributed by atoms with E-state index in [4.69, 9.17) is 4.55 Å². The van der Waals surface area contributed by atoms with Crippen LogP contribution in [-0.4, -0.2) is 24.8 Å². The lowest BCUT2D eigenvalue weighted by Gasteiger charge is -2.17. The third kappa shape index (κ3) is 5.67. The number of alkyl halides is 6. The number of rotatable bonds is 4. The number of benzene rings is 1. The van der Waals surface area contributed by atoms with Crippen LogP contribution in [0.3, 0.4) is 0 Å². The average molecular weight is 379 g/mol. The molecule has 0 saturated carbocycles. The summed E-state index contributed by atoms with van der Waals surface area (Å²) in [6.45, 7) is 0.995. The molecule has 136 valence electrons. The molecule has 12 heteroatoms. The van der Waals surface area contributed by atoms with Crippen LogP contribution in [0.1, 0.15) is 29.5 Å². The van der Waals surface area contributed by atoms with Gasteiger partial charge in [0.05, 0.1) is 17.0 Å². The van der Waals surface area contributed by atoms with Crippen molar-refractivity contribution in [2.24, 2.45) is 0 Å². The SMILES string of the molecule is C[C@@H](C(=O)NCS(=O)(=O)O)c1cc(C(F)(F)F)cc(C(F)(F)F)c1. The minimum Gasteiger partial charge on any atom is -0.340 e. The number of carbonyl (C=O) groups is 1. The third-order valence-electron chi connectivity index (χ3n) is 2.93. The van der Waals surface area contributed by atoms with Gasteiger partial charge in [0.1, 0.15) is 5.88 Å². The standard InChI is InChI=1S/C12H11F6NO4S/c1-6(10(20)19-5-24(21,22)23)7-2-8(11(13,14)15)4-9(3-7)12(16,17)18/h2-4,6H,5H2,1H3,(H,19,20)(H,21,22,23)/t6-/m1/s1. The Hall–Kier alpha value is -1.82. The van der Waals surface area contributed by atoms with Crippen molar-refractivity contribution in [3.05, 3.63) is 34.9 Å². The summed E-state index contributed by atoms with van der Waals surface area (Å²) in [4.78, 5) is 11.7. The van der Waals surface area contributed by atoms with Gasteiger partial charge in [-0.05, 0) is 30.7 Å². The Labute approximate surface area is 132 Å². The van der Waals surface area contributed by atoms with Gasteiger partial charge in [-0.2, -0.15) is 34.8 Å². The van der Waals surface area contributed by atoms with Crippen LogP contribution in [0.5, 0.6) is 0 Å². The van der Waals surface area contributed by atoms with Gasteiger partial charge in [0.15, 0.2) is 0 Å². The van der Waals surface area contributed by atoms with Crippen molar-refractivity contribution in [2.75, 3.05) is 5.88 Å². The summed E-state index contributed by atoms with van der Waals surface area (Å²) >= 11 is 0. The molecule has 0 saturated heterocycles. The minimum absolute atomic E-state index is 0.0910. The first kappa shape index (κ1) is 20.2. The van der Waals surface area contributed by atoms with Crippen molar-refractivity contribution < 1.29 is 44.1 Å². The summed E-state index contributed by atoms with van der Waals surface area (Å²) in [5.41, 5.74) is -3.80. The molecular weight excluding hydrogens is 368 g/mol. The van der Waals surface area contributed by atoms with Gasteiger partial charge in [-0.1, -0.05) is 0 Å². The molecule has 5 nitrogen and oxygen atoms in total. The zero-order valence-corrected chi connectivity index (χ0v) is 12.7. The Morgan fingerprint density at radius 3 is 1.83 bits per heavy atom. The Morgan fingerprint density at radius 1 is 1.08 bits per heavy atom. The minimum atomic E-state index is -5.07. The van der Waals surface area contributed by atoms with Crippen LogP contribution in [-0.2, 0) is 27.3 Å². The Balaban J connectivity index is 3.24. The molecular formula is C12H11F6NO4S. The van der Waals surface area contributed by atoms with E-state index in [2.05, 4.69) is 0 Å². The first-order chi connectivity index (χ1) is 10.6. The molecule has 0 aromatic heterocycles. The van der Waals surface area contributed by atoms with E-state index in [0.717, 1.165) is 6.92 Å². The zero-order chi connectivity index (χ0) is 18.9. The summed E-state index contributed by atoms with van der Waals surface area (Å²) in [6.07, 6.45) is -10.1. The van der Waals surface area contributed by atoms with E-state index in [1.54, 1.807) is 5.32 Å². The van der Waals surface area contributed by atoms with Gasteiger partial charge in [0.2, 0.25) is 5.91 Å². The van der Waals surface area contributed by atoms with Crippen LogP contribution in [0.25, 0.3) is 0 Å². The first-order valence-electron chi connectivity index (χ1n) is 6.13. The van der Waals surface area contributed by atoms with Crippen molar-refractivity contribution in [2.45, 2.75) is 25.2 Å². The Kier molecular flexibility index (Phi) is 5.55. The molecule has 0 aliphatic carbocycles. The van der Waals surface area contributed by atoms with Crippen LogP contribution in [0.15, 0.2) is 18.2 Å². The van der Waals surface area contributed by atoms with Crippen molar-refractivity contribution in [1.29, 1.82) is 0 Å². The molecule has 0 bridgehead atoms. The van der Waals surface area contributed by atoms with Crippen LogP contribution < -0.4 is 5.32 Å². The maximum absolute atomic E-state index is 12.7. The second-order valence-electron chi connectivity index (χ2n) is 4.83. The van der Waals surface area contributed by atoms with Crippen LogP contribution in [0.4, 0.5) is 26.3 Å². The molecule has 24 heavy (non-hydrogen) atoms. The molecule has 0 aliphatic heterocycles. The molecule has 1 aromatic carbocycles. The summed E-state index contributed by atoms with van der Waals surface area (Å²) in [5.74, 6) is -3.91. The first-order valence-corrected chi connectivity index (χ1v) is 7.74. The molecule has 0 radical (unpaired) electrons. The molecule has 1 amide bonds. The number of carbonyl (C=O) groups excluding carboxylic acids is 1. The summed E-state index contributed by atoms with van der Waals surface area (Å²) in [7, 11) is -4.59. The van der Waals surface area contributed by atoms with Crippen molar-refractivity contribution in [3.8, 4) is 0 Å². The molecule has 0 spiro atoms. The second-order valence-corrected chi connectivity index (χ2v) is 6.28. The maximum Gasteiger partial charge on any atom is 0.416 e. The second kappa shape index (κ2) is 6.59. The highest BCUT2D eigenvalue weighted by atomic mass is 32.2. The molecule has 1 rings (SSSR count). The molecule has 0 aliphatic rings. The van der Waals surface area contributed by atoms with E-state index in [-0.39, 0.29) is 6.07 Å². The quantitative estimate of drug-likeness (QED) is 0.623. The summed E-state index contributed by atoms with van der Waals surface area (Å²) in [6, 6.07) is 0.645. The lowest BCUT2D eigenvalue weighted by atomic mass is 9.95. The van der Waals surface area contributed by atoms with Gasteiger partial charge in [-0.25, -0.2) is 0 Å². The summed E-state index contributed by atoms with van der Waals surface area (Å²) in [5, 5.41) is 1.70. The molecule has 2 N–H and O–H groups in total. The lowest BCUT2D eigenvalue weighted by Crippen LogP contribution is -2.32. The van der Waals surface area contributed by atoms with Gasteiger partial charge in [-0.3, -0.25) is 9.35 Å². The van der Waals surface area contributed by atoms with Gasteiger partial charge in [-0.15, -0.1) is 0 Å². The number of hydrogen-bond donors (Lipinski definition) is 2. The average Bonchev–Trinajstić information content (AvgIpc) is 2.40. The van der Waals surface area contributed by atoms with Gasteiger partial charge >= 0.3 is 12.4 Å². The normalized spacial score (nSPS) is 14.3. The maximum atomic E-state index is 12.7. The van der Waals surface area contributed by atoms with E-state index in [1.165, 1.54) is 0 Å². The molecule has 0 heterocycles. The van der Waals surface area contributed by atoms with Crippen LogP contribution >= 0.6 is 0 Å². The smallest absolute Gasteiger partial charge is 0.340 e. The molecule has 0 fully saturated rings. The van der Waals surface area contributed by atoms with Crippen LogP contribution in [0.2, 0.25) is 0 Å². The zero-order valence-electron chi connectivity index (χ0n) is 11.9. The monoisotopic (exact) mass is 379 g/mol. The summed E-state index contributed by atoms with van der Waals surface area (Å²) < 4.78 is 106. The third-order valence-corrected chi connectivity index (χ3v) is 3.44. The number of hydrogen-bond acceptors (Lipinski definition) is 3. The predicted octanol–water partition coefficient (Wildman–Crippen LogP) is 2.79. The lowest BCUT2D eigenvalue weighted by molar-refractivity contribution is -0.143. The highest BCUT2D eigenvalue weighted by Crippen LogP contribution is 2.37. The number of amides is 1. The topological polar surface area (TPSA) is 83.5 Å². The fourth-order valence-electron chi connectivity index (χ4n) is 1.70. The molecule has 1 aromatic rings. The van der Waals surface area contributed by atoms with Crippen molar-refractivity contribution in [3.63, 3.8) is 0 Å². The fraction of sp³-hybridized carbons (Fsp3) is 0.417. The van der Waals surface area contributed by atoms with E-state index in [0.29, 0.717) is 12.1 Å². The van der Waals surface area contributed by atoms with Crippen molar-refractivity contribution in [1.82, 2.24) is 5.32 Å². The Bertz CT molecular complexity index is 694. The Morgan fingerprint density at radius 2 is 1.50 bits per heavy atom. The largest absolute Gasteiger partial charge is 0.416 e. The van der Waals surface area contributed by atoms with Gasteiger partial charge in [0, 0.05) is 0 Å². The van der Waals surface area contributed by atoms with E-state index >= 15 is 0 Å². The predicted molar refractivity (Wildman–Crippen MR) is 69.4 cm³/mol. The van der Waals surface area contributed by atoms with E-state index in [1.807, 2.05) is 0 Å². The molecule has 1 atom stereocenters. The van der Waals surface area contributed by atoms with Crippen molar-refractivity contribution >= 4 is 16.0 Å². The fourth-order valence-corrected chi connectivity index (χ4v) is 2.02. The van der Waals surface area contributed by atoms with Crippen LogP contribution in [0, 0.1) is 0 Å². The highest BCUT2D eigenvalue weighted by Gasteiger charge is 2.37.